The quantitative estimate of drug-likeness (QED) is 0.917. The maximum atomic E-state index is 4.52. The first-order chi connectivity index (χ1) is 9.38. The topological polar surface area (TPSA) is 33.1 Å². The summed E-state index contributed by atoms with van der Waals surface area (Å²) in [6, 6.07) is 0.677. The Bertz CT molecular complexity index is 504. The number of nitrogens with one attached hydrogen (secondary N) is 1. The number of piperazine rings is 1. The Labute approximate surface area is 130 Å². The summed E-state index contributed by atoms with van der Waals surface area (Å²) in [4.78, 5) is 2.62. The average Bonchev–Trinajstić information content (AvgIpc) is 3.17. The van der Waals surface area contributed by atoms with Crippen molar-refractivity contribution in [2.24, 2.45) is 13.0 Å². The van der Waals surface area contributed by atoms with Gasteiger partial charge in [-0.3, -0.25) is 9.58 Å². The van der Waals surface area contributed by atoms with Gasteiger partial charge < -0.3 is 5.32 Å². The van der Waals surface area contributed by atoms with Gasteiger partial charge in [-0.2, -0.15) is 5.10 Å². The minimum atomic E-state index is 0.197. The summed E-state index contributed by atoms with van der Waals surface area (Å²) in [6.45, 7) is 9.91. The minimum absolute atomic E-state index is 0.197. The van der Waals surface area contributed by atoms with Crippen LogP contribution in [0.25, 0.3) is 0 Å². The molecule has 5 heteroatoms. The fourth-order valence-electron chi connectivity index (χ4n) is 3.17. The molecule has 0 bridgehead atoms. The largest absolute Gasteiger partial charge is 0.311 e. The van der Waals surface area contributed by atoms with Crippen molar-refractivity contribution < 1.29 is 0 Å². The highest BCUT2D eigenvalue weighted by Gasteiger charge is 2.40. The van der Waals surface area contributed by atoms with E-state index in [1.807, 2.05) is 11.7 Å². The molecule has 3 rings (SSSR count). The van der Waals surface area contributed by atoms with Crippen LogP contribution in [-0.4, -0.2) is 39.4 Å². The summed E-state index contributed by atoms with van der Waals surface area (Å²) in [7, 11) is 2.04. The van der Waals surface area contributed by atoms with Crippen molar-refractivity contribution >= 4 is 15.9 Å². The first-order valence-corrected chi connectivity index (χ1v) is 8.34. The zero-order valence-corrected chi connectivity index (χ0v) is 14.5. The molecule has 1 unspecified atom stereocenters. The Morgan fingerprint density at radius 3 is 2.65 bits per heavy atom. The van der Waals surface area contributed by atoms with E-state index in [1.165, 1.54) is 18.5 Å². The summed E-state index contributed by atoms with van der Waals surface area (Å²) in [5.74, 6) is 0.908. The van der Waals surface area contributed by atoms with E-state index >= 15 is 0 Å². The van der Waals surface area contributed by atoms with E-state index in [9.17, 15) is 0 Å². The molecule has 1 N–H and O–H groups in total. The molecule has 4 nitrogen and oxygen atoms in total. The van der Waals surface area contributed by atoms with Crippen LogP contribution in [0.4, 0.5) is 0 Å². The molecular formula is C15H25BrN4. The van der Waals surface area contributed by atoms with E-state index in [2.05, 4.69) is 52.0 Å². The first kappa shape index (κ1) is 14.5. The summed E-state index contributed by atoms with van der Waals surface area (Å²) < 4.78 is 3.18. The third-order valence-corrected chi connectivity index (χ3v) is 5.89. The molecule has 1 saturated carbocycles. The van der Waals surface area contributed by atoms with Gasteiger partial charge in [0.05, 0.1) is 15.9 Å². The van der Waals surface area contributed by atoms with Crippen LogP contribution in [0.1, 0.15) is 38.1 Å². The SMILES string of the molecule is Cc1nn(C)c(CN2CC(C3CC3)NCC2(C)C)c1Br. The smallest absolute Gasteiger partial charge is 0.0739 e. The van der Waals surface area contributed by atoms with Crippen molar-refractivity contribution in [2.45, 2.75) is 51.7 Å². The fraction of sp³-hybridized carbons (Fsp3) is 0.800. The Morgan fingerprint density at radius 2 is 2.10 bits per heavy atom. The molecule has 2 heterocycles. The van der Waals surface area contributed by atoms with Crippen LogP contribution in [0.2, 0.25) is 0 Å². The molecule has 1 saturated heterocycles. The highest BCUT2D eigenvalue weighted by molar-refractivity contribution is 9.10. The van der Waals surface area contributed by atoms with E-state index in [1.54, 1.807) is 0 Å². The Balaban J connectivity index is 1.79. The molecule has 2 aliphatic rings. The van der Waals surface area contributed by atoms with Crippen LogP contribution in [0.5, 0.6) is 0 Å². The van der Waals surface area contributed by atoms with Crippen molar-refractivity contribution in [2.75, 3.05) is 13.1 Å². The highest BCUT2D eigenvalue weighted by Crippen LogP contribution is 2.36. The number of rotatable bonds is 3. The lowest BCUT2D eigenvalue weighted by atomic mass is 9.95. The van der Waals surface area contributed by atoms with Crippen LogP contribution < -0.4 is 5.32 Å². The summed E-state index contributed by atoms with van der Waals surface area (Å²) in [5.41, 5.74) is 2.56. The molecule has 0 amide bonds. The lowest BCUT2D eigenvalue weighted by Crippen LogP contribution is -2.62. The van der Waals surface area contributed by atoms with Crippen LogP contribution in [-0.2, 0) is 13.6 Å². The fourth-order valence-corrected chi connectivity index (χ4v) is 3.63. The monoisotopic (exact) mass is 340 g/mol. The predicted molar refractivity (Wildman–Crippen MR) is 84.6 cm³/mol. The lowest BCUT2D eigenvalue weighted by molar-refractivity contribution is 0.0510. The molecule has 1 aromatic rings. The maximum Gasteiger partial charge on any atom is 0.0739 e. The molecule has 1 atom stereocenters. The molecule has 1 aromatic heterocycles. The summed E-state index contributed by atoms with van der Waals surface area (Å²) in [5, 5.41) is 8.26. The van der Waals surface area contributed by atoms with Crippen LogP contribution in [0, 0.1) is 12.8 Å². The Morgan fingerprint density at radius 1 is 1.40 bits per heavy atom. The van der Waals surface area contributed by atoms with Gasteiger partial charge in [0, 0.05) is 38.3 Å². The normalized spacial score (nSPS) is 26.9. The van der Waals surface area contributed by atoms with E-state index in [4.69, 9.17) is 0 Å². The number of aromatic nitrogens is 2. The van der Waals surface area contributed by atoms with Crippen LogP contribution >= 0.6 is 15.9 Å². The highest BCUT2D eigenvalue weighted by atomic mass is 79.9. The van der Waals surface area contributed by atoms with Gasteiger partial charge in [0.15, 0.2) is 0 Å². The molecule has 0 spiro atoms. The average molecular weight is 341 g/mol. The zero-order chi connectivity index (χ0) is 14.5. The molecule has 1 aliphatic heterocycles. The van der Waals surface area contributed by atoms with Gasteiger partial charge in [-0.25, -0.2) is 0 Å². The van der Waals surface area contributed by atoms with Crippen molar-refractivity contribution in [3.8, 4) is 0 Å². The number of nitrogens with zero attached hydrogens (tertiary/aromatic N) is 3. The van der Waals surface area contributed by atoms with Gasteiger partial charge in [-0.15, -0.1) is 0 Å². The van der Waals surface area contributed by atoms with Gasteiger partial charge in [0.2, 0.25) is 0 Å². The van der Waals surface area contributed by atoms with E-state index < -0.39 is 0 Å². The van der Waals surface area contributed by atoms with Crippen molar-refractivity contribution in [1.29, 1.82) is 0 Å². The third-order valence-electron chi connectivity index (χ3n) is 4.86. The molecule has 0 aromatic carbocycles. The minimum Gasteiger partial charge on any atom is -0.311 e. The number of hydrogen-bond donors (Lipinski definition) is 1. The third kappa shape index (κ3) is 2.68. The van der Waals surface area contributed by atoms with E-state index in [-0.39, 0.29) is 5.54 Å². The summed E-state index contributed by atoms with van der Waals surface area (Å²) >= 11 is 3.70. The zero-order valence-electron chi connectivity index (χ0n) is 12.9. The van der Waals surface area contributed by atoms with Crippen LogP contribution in [0.15, 0.2) is 4.47 Å². The van der Waals surface area contributed by atoms with Crippen molar-refractivity contribution in [3.05, 3.63) is 15.9 Å². The second kappa shape index (κ2) is 5.11. The van der Waals surface area contributed by atoms with Gasteiger partial charge in [0.25, 0.3) is 0 Å². The molecule has 1 aliphatic carbocycles. The van der Waals surface area contributed by atoms with E-state index in [0.29, 0.717) is 6.04 Å². The summed E-state index contributed by atoms with van der Waals surface area (Å²) in [6.07, 6.45) is 2.81. The second-order valence-corrected chi connectivity index (χ2v) is 7.78. The second-order valence-electron chi connectivity index (χ2n) is 6.99. The molecule has 112 valence electrons. The molecule has 0 radical (unpaired) electrons. The predicted octanol–water partition coefficient (Wildman–Crippen LogP) is 2.45. The maximum absolute atomic E-state index is 4.52. The number of hydrogen-bond acceptors (Lipinski definition) is 3. The van der Waals surface area contributed by atoms with E-state index in [0.717, 1.165) is 35.7 Å². The van der Waals surface area contributed by atoms with Gasteiger partial charge >= 0.3 is 0 Å². The molecular weight excluding hydrogens is 316 g/mol. The Kier molecular flexibility index (Phi) is 3.72. The molecule has 20 heavy (non-hydrogen) atoms. The van der Waals surface area contributed by atoms with Gasteiger partial charge in [-0.1, -0.05) is 0 Å². The molecule has 2 fully saturated rings. The lowest BCUT2D eigenvalue weighted by Gasteiger charge is -2.46. The van der Waals surface area contributed by atoms with Gasteiger partial charge in [0.1, 0.15) is 0 Å². The standard InChI is InChI=1S/C15H25BrN4/c1-10-14(16)13(19(4)18-10)8-20-7-12(11-5-6-11)17-9-15(20,2)3/h11-12,17H,5-9H2,1-4H3. The number of aryl methyl sites for hydroxylation is 2. The van der Waals surface area contributed by atoms with Gasteiger partial charge in [-0.05, 0) is 55.5 Å². The number of halogens is 1. The Hall–Kier alpha value is -0.390. The van der Waals surface area contributed by atoms with Crippen molar-refractivity contribution in [3.63, 3.8) is 0 Å². The first-order valence-electron chi connectivity index (χ1n) is 7.55. The van der Waals surface area contributed by atoms with Crippen molar-refractivity contribution in [1.82, 2.24) is 20.0 Å². The van der Waals surface area contributed by atoms with Crippen LogP contribution in [0.3, 0.4) is 0 Å².